The molecule has 0 aromatic heterocycles. The van der Waals surface area contributed by atoms with Gasteiger partial charge in [0.25, 0.3) is 0 Å². The van der Waals surface area contributed by atoms with Crippen molar-refractivity contribution in [2.45, 2.75) is 98.2 Å². The fourth-order valence-corrected chi connectivity index (χ4v) is 2.68. The Balaban J connectivity index is -0.000000183. The van der Waals surface area contributed by atoms with Gasteiger partial charge in [0.15, 0.2) is 0 Å². The summed E-state index contributed by atoms with van der Waals surface area (Å²) in [5.41, 5.74) is 0. The smallest absolute Gasteiger partial charge is 0.0570 e. The number of unbranched alkanes of at least 4 members (excludes halogenated alkanes) is 1. The standard InChI is InChI=1S/C9H19B2O.C8H16B4O.2CH4/c1-3-4-5-9(8-12-2)6-7-11-10;1-13-8(4-2-6-11-9)5-3-7-12-10;;/h9H,3-8H2,1-2H3;8H,2-7H2,1H3;2*1H4. The topological polar surface area (TPSA) is 18.5 Å². The van der Waals surface area contributed by atoms with Crippen molar-refractivity contribution in [3.63, 3.8) is 0 Å². The van der Waals surface area contributed by atoms with Crippen LogP contribution >= 0.6 is 0 Å². The molecule has 8 heteroatoms. The molecule has 1 atom stereocenters. The van der Waals surface area contributed by atoms with E-state index in [0.29, 0.717) is 12.0 Å². The summed E-state index contributed by atoms with van der Waals surface area (Å²) in [4.78, 5) is 0. The Morgan fingerprint density at radius 3 is 1.63 bits per heavy atom. The lowest BCUT2D eigenvalue weighted by Crippen LogP contribution is -2.11. The van der Waals surface area contributed by atoms with Crippen molar-refractivity contribution in [2.75, 3.05) is 20.8 Å². The minimum Gasteiger partial charge on any atom is -0.384 e. The zero-order valence-electron chi connectivity index (χ0n) is 16.9. The van der Waals surface area contributed by atoms with Crippen LogP contribution in [0.2, 0.25) is 19.0 Å². The van der Waals surface area contributed by atoms with Crippen molar-refractivity contribution >= 4 is 44.7 Å². The van der Waals surface area contributed by atoms with Gasteiger partial charge in [-0.1, -0.05) is 72.8 Å². The molecule has 2 nitrogen and oxygen atoms in total. The van der Waals surface area contributed by atoms with E-state index in [1.54, 1.807) is 35.7 Å². The van der Waals surface area contributed by atoms with Gasteiger partial charge >= 0.3 is 0 Å². The Hall–Kier alpha value is 0.310. The molecule has 0 bridgehead atoms. The number of ether oxygens (including phenoxy) is 2. The summed E-state index contributed by atoms with van der Waals surface area (Å²) < 4.78 is 10.5. The molecule has 0 aliphatic rings. The van der Waals surface area contributed by atoms with Crippen molar-refractivity contribution in [1.82, 2.24) is 0 Å². The summed E-state index contributed by atoms with van der Waals surface area (Å²) in [7, 11) is 24.6. The molecular formula is C19H43B6O2. The maximum absolute atomic E-state index is 5.34. The molecule has 0 fully saturated rings. The van der Waals surface area contributed by atoms with Crippen LogP contribution in [-0.2, 0) is 9.47 Å². The lowest BCUT2D eigenvalue weighted by atomic mass is 9.52. The molecule has 0 heterocycles. The predicted molar refractivity (Wildman–Crippen MR) is 131 cm³/mol. The molecule has 1 unspecified atom stereocenters. The van der Waals surface area contributed by atoms with Crippen LogP contribution in [0.25, 0.3) is 0 Å². The molecule has 0 aliphatic heterocycles. The molecule has 0 saturated heterocycles. The Kier molecular flexibility index (Phi) is 40.0. The van der Waals surface area contributed by atoms with E-state index < -0.39 is 0 Å². The maximum Gasteiger partial charge on any atom is 0.0570 e. The van der Waals surface area contributed by atoms with E-state index in [1.165, 1.54) is 25.7 Å². The van der Waals surface area contributed by atoms with Crippen LogP contribution in [0.1, 0.15) is 73.1 Å². The van der Waals surface area contributed by atoms with Gasteiger partial charge in [-0.2, -0.15) is 0 Å². The Morgan fingerprint density at radius 2 is 1.26 bits per heavy atom. The first-order valence-electron chi connectivity index (χ1n) is 9.81. The molecular weight excluding hydrogens is 325 g/mol. The second-order valence-corrected chi connectivity index (χ2v) is 6.47. The average Bonchev–Trinajstić information content (AvgIpc) is 2.63. The quantitative estimate of drug-likeness (QED) is 0.282. The maximum atomic E-state index is 5.34. The Labute approximate surface area is 179 Å². The minimum absolute atomic E-state index is 0. The Morgan fingerprint density at radius 1 is 0.741 bits per heavy atom. The summed E-state index contributed by atoms with van der Waals surface area (Å²) in [6.07, 6.45) is 12.8. The minimum atomic E-state index is 0. The molecule has 0 aromatic carbocycles. The zero-order chi connectivity index (χ0) is 19.2. The van der Waals surface area contributed by atoms with Crippen LogP contribution in [0.3, 0.4) is 0 Å². The zero-order valence-corrected chi connectivity index (χ0v) is 16.9. The SMILES string of the molecule is C.C.[B][B]CCC(CCCC)COC.[B][B]CCCC(CCC[B][B])OC. The summed E-state index contributed by atoms with van der Waals surface area (Å²) in [5.74, 6) is 0.703. The fourth-order valence-electron chi connectivity index (χ4n) is 2.68. The van der Waals surface area contributed by atoms with Crippen molar-refractivity contribution in [1.29, 1.82) is 0 Å². The fraction of sp³-hybridized carbons (Fsp3) is 1.00. The van der Waals surface area contributed by atoms with Crippen LogP contribution in [0.15, 0.2) is 0 Å². The molecule has 0 spiro atoms. The summed E-state index contributed by atoms with van der Waals surface area (Å²) in [5, 5.41) is 0. The molecule has 0 aliphatic carbocycles. The van der Waals surface area contributed by atoms with Crippen LogP contribution in [0, 0.1) is 5.92 Å². The van der Waals surface area contributed by atoms with E-state index >= 15 is 0 Å². The van der Waals surface area contributed by atoms with Gasteiger partial charge in [0, 0.05) is 44.0 Å². The third-order valence-corrected chi connectivity index (χ3v) is 4.24. The summed E-state index contributed by atoms with van der Waals surface area (Å²) in [6, 6.07) is 0. The molecule has 9 radical (unpaired) electrons. The predicted octanol–water partition coefficient (Wildman–Crippen LogP) is 4.28. The Bertz CT molecular complexity index is 220. The summed E-state index contributed by atoms with van der Waals surface area (Å²) in [6.45, 7) is 3.10. The van der Waals surface area contributed by atoms with E-state index in [2.05, 4.69) is 6.92 Å². The van der Waals surface area contributed by atoms with Gasteiger partial charge in [-0.25, -0.2) is 0 Å². The van der Waals surface area contributed by atoms with Gasteiger partial charge in [0.2, 0.25) is 0 Å². The molecule has 0 aromatic rings. The third kappa shape index (κ3) is 28.6. The highest BCUT2D eigenvalue weighted by Gasteiger charge is 2.06. The largest absolute Gasteiger partial charge is 0.384 e. The first kappa shape index (κ1) is 34.8. The number of hydrogen-bond donors (Lipinski definition) is 0. The highest BCUT2D eigenvalue weighted by atomic mass is 16.5. The third-order valence-electron chi connectivity index (χ3n) is 4.24. The molecule has 0 N–H and O–H groups in total. The van der Waals surface area contributed by atoms with Crippen molar-refractivity contribution in [3.05, 3.63) is 0 Å². The van der Waals surface area contributed by atoms with Gasteiger partial charge in [0.05, 0.1) is 27.6 Å². The van der Waals surface area contributed by atoms with Gasteiger partial charge in [0.1, 0.15) is 0 Å². The molecule has 149 valence electrons. The first-order valence-corrected chi connectivity index (χ1v) is 9.81. The summed E-state index contributed by atoms with van der Waals surface area (Å²) >= 11 is 0. The number of hydrogen-bond acceptors (Lipinski definition) is 2. The monoisotopic (exact) mass is 369 g/mol. The van der Waals surface area contributed by atoms with Crippen LogP contribution < -0.4 is 0 Å². The second kappa shape index (κ2) is 31.0. The lowest BCUT2D eigenvalue weighted by Gasteiger charge is -2.14. The van der Waals surface area contributed by atoms with Gasteiger partial charge in [-0.05, 0) is 25.2 Å². The van der Waals surface area contributed by atoms with Gasteiger partial charge < -0.3 is 9.47 Å². The van der Waals surface area contributed by atoms with Crippen molar-refractivity contribution < 1.29 is 9.47 Å². The molecule has 0 rings (SSSR count). The molecule has 0 saturated carbocycles. The van der Waals surface area contributed by atoms with Crippen LogP contribution in [0.5, 0.6) is 0 Å². The van der Waals surface area contributed by atoms with Gasteiger partial charge in [-0.15, -0.1) is 0 Å². The number of methoxy groups -OCH3 is 2. The average molecular weight is 368 g/mol. The van der Waals surface area contributed by atoms with E-state index in [-0.39, 0.29) is 14.9 Å². The first-order chi connectivity index (χ1) is 12.2. The van der Waals surface area contributed by atoms with E-state index in [4.69, 9.17) is 32.7 Å². The molecule has 0 amide bonds. The lowest BCUT2D eigenvalue weighted by molar-refractivity contribution is 0.0868. The van der Waals surface area contributed by atoms with Crippen LogP contribution in [0.4, 0.5) is 0 Å². The van der Waals surface area contributed by atoms with Crippen molar-refractivity contribution in [2.24, 2.45) is 5.92 Å². The van der Waals surface area contributed by atoms with Crippen molar-refractivity contribution in [3.8, 4) is 0 Å². The molecule has 27 heavy (non-hydrogen) atoms. The van der Waals surface area contributed by atoms with E-state index in [9.17, 15) is 0 Å². The van der Waals surface area contributed by atoms with Gasteiger partial charge in [-0.3, -0.25) is 0 Å². The van der Waals surface area contributed by atoms with E-state index in [1.807, 2.05) is 0 Å². The highest BCUT2D eigenvalue weighted by Crippen LogP contribution is 2.15. The number of rotatable bonds is 17. The normalized spacial score (nSPS) is 10.7. The highest BCUT2D eigenvalue weighted by molar-refractivity contribution is 6.89. The van der Waals surface area contributed by atoms with Crippen LogP contribution in [-0.4, -0.2) is 71.7 Å². The second-order valence-electron chi connectivity index (χ2n) is 6.47. The van der Waals surface area contributed by atoms with E-state index in [0.717, 1.165) is 51.3 Å².